The van der Waals surface area contributed by atoms with Crippen LogP contribution in [0.5, 0.6) is 6.01 Å². The lowest BCUT2D eigenvalue weighted by atomic mass is 10.1. The van der Waals surface area contributed by atoms with Gasteiger partial charge in [-0.1, -0.05) is 13.8 Å². The van der Waals surface area contributed by atoms with Crippen LogP contribution in [-0.4, -0.2) is 51.7 Å². The number of thioether (sulfide) groups is 1. The average molecular weight is 311 g/mol. The minimum atomic E-state index is 0.0450. The molecule has 1 aliphatic heterocycles. The Morgan fingerprint density at radius 1 is 1.24 bits per heavy atom. The first-order chi connectivity index (χ1) is 9.89. The van der Waals surface area contributed by atoms with E-state index in [1.807, 2.05) is 25.6 Å². The van der Waals surface area contributed by atoms with E-state index in [4.69, 9.17) is 4.74 Å². The molecule has 1 saturated heterocycles. The van der Waals surface area contributed by atoms with E-state index in [1.165, 1.54) is 0 Å². The van der Waals surface area contributed by atoms with Crippen LogP contribution in [0.1, 0.15) is 34.1 Å². The highest BCUT2D eigenvalue weighted by Gasteiger charge is 2.25. The van der Waals surface area contributed by atoms with E-state index in [0.29, 0.717) is 22.7 Å². The molecule has 1 aromatic rings. The first-order valence-electron chi connectivity index (χ1n) is 7.39. The van der Waals surface area contributed by atoms with Crippen molar-refractivity contribution in [2.75, 3.05) is 36.1 Å². The Hall–Kier alpha value is -1.24. The van der Waals surface area contributed by atoms with Crippen molar-refractivity contribution in [3.63, 3.8) is 0 Å². The molecular weight excluding hydrogens is 286 g/mol. The van der Waals surface area contributed by atoms with E-state index in [-0.39, 0.29) is 6.10 Å². The van der Waals surface area contributed by atoms with E-state index in [2.05, 4.69) is 39.0 Å². The molecule has 2 heterocycles. The lowest BCUT2D eigenvalue weighted by molar-refractivity contribution is 0.222. The summed E-state index contributed by atoms with van der Waals surface area (Å²) in [7, 11) is 1.81. The highest BCUT2D eigenvalue weighted by atomic mass is 32.2. The number of rotatable bonds is 4. The third kappa shape index (κ3) is 4.62. The van der Waals surface area contributed by atoms with Crippen LogP contribution in [0.25, 0.3) is 0 Å². The Morgan fingerprint density at radius 3 is 2.67 bits per heavy atom. The standard InChI is InChI=1S/C14H25N5OS/c1-10(2)20-13-17-11(15-5)16-12(18-13)19-7-6-14(3,4)21-9-8-19/h10H,6-9H2,1-5H3,(H,15,16,17,18). The number of nitrogens with one attached hydrogen (secondary N) is 1. The van der Waals surface area contributed by atoms with Gasteiger partial charge in [-0.15, -0.1) is 0 Å². The summed E-state index contributed by atoms with van der Waals surface area (Å²) in [6, 6.07) is 0.385. The minimum absolute atomic E-state index is 0.0450. The van der Waals surface area contributed by atoms with Crippen LogP contribution in [0.2, 0.25) is 0 Å². The van der Waals surface area contributed by atoms with Crippen molar-refractivity contribution in [1.82, 2.24) is 15.0 Å². The van der Waals surface area contributed by atoms with Gasteiger partial charge < -0.3 is 15.0 Å². The van der Waals surface area contributed by atoms with Crippen LogP contribution < -0.4 is 15.0 Å². The van der Waals surface area contributed by atoms with E-state index in [1.54, 1.807) is 7.05 Å². The number of nitrogens with zero attached hydrogens (tertiary/aromatic N) is 4. The first-order valence-corrected chi connectivity index (χ1v) is 8.37. The summed E-state index contributed by atoms with van der Waals surface area (Å²) >= 11 is 2.00. The Balaban J connectivity index is 2.21. The van der Waals surface area contributed by atoms with E-state index < -0.39 is 0 Å². The van der Waals surface area contributed by atoms with Gasteiger partial charge in [0.2, 0.25) is 11.9 Å². The second-order valence-corrected chi connectivity index (χ2v) is 7.81. The largest absolute Gasteiger partial charge is 0.461 e. The number of aromatic nitrogens is 3. The molecule has 1 fully saturated rings. The van der Waals surface area contributed by atoms with Crippen LogP contribution in [-0.2, 0) is 0 Å². The molecule has 0 amide bonds. The second kappa shape index (κ2) is 6.68. The van der Waals surface area contributed by atoms with Crippen molar-refractivity contribution >= 4 is 23.7 Å². The van der Waals surface area contributed by atoms with Gasteiger partial charge in [0, 0.05) is 30.6 Å². The molecular formula is C14H25N5OS. The fraction of sp³-hybridized carbons (Fsp3) is 0.786. The molecule has 0 atom stereocenters. The maximum Gasteiger partial charge on any atom is 0.323 e. The molecule has 118 valence electrons. The molecule has 0 unspecified atom stereocenters. The summed E-state index contributed by atoms with van der Waals surface area (Å²) in [5, 5.41) is 2.98. The zero-order valence-electron chi connectivity index (χ0n) is 13.5. The van der Waals surface area contributed by atoms with Crippen molar-refractivity contribution in [2.24, 2.45) is 0 Å². The lowest BCUT2D eigenvalue weighted by Gasteiger charge is -2.23. The van der Waals surface area contributed by atoms with Gasteiger partial charge in [-0.3, -0.25) is 0 Å². The molecule has 6 nitrogen and oxygen atoms in total. The molecule has 0 aliphatic carbocycles. The highest BCUT2D eigenvalue weighted by Crippen LogP contribution is 2.31. The summed E-state index contributed by atoms with van der Waals surface area (Å²) < 4.78 is 5.94. The fourth-order valence-corrected chi connectivity index (χ4v) is 3.18. The molecule has 1 N–H and O–H groups in total. The molecule has 0 aromatic carbocycles. The van der Waals surface area contributed by atoms with Gasteiger partial charge in [-0.25, -0.2) is 0 Å². The van der Waals surface area contributed by atoms with Crippen molar-refractivity contribution < 1.29 is 4.74 Å². The van der Waals surface area contributed by atoms with Gasteiger partial charge >= 0.3 is 6.01 Å². The fourth-order valence-electron chi connectivity index (χ4n) is 2.08. The summed E-state index contributed by atoms with van der Waals surface area (Å²) in [4.78, 5) is 15.4. The topological polar surface area (TPSA) is 63.2 Å². The van der Waals surface area contributed by atoms with E-state index >= 15 is 0 Å². The monoisotopic (exact) mass is 311 g/mol. The molecule has 1 aliphatic rings. The number of ether oxygens (including phenoxy) is 1. The molecule has 1 aromatic heterocycles. The van der Waals surface area contributed by atoms with E-state index in [0.717, 1.165) is 25.3 Å². The highest BCUT2D eigenvalue weighted by molar-refractivity contribution is 8.00. The van der Waals surface area contributed by atoms with Crippen molar-refractivity contribution in [2.45, 2.75) is 45.0 Å². The summed E-state index contributed by atoms with van der Waals surface area (Å²) in [6.07, 6.45) is 1.15. The summed E-state index contributed by atoms with van der Waals surface area (Å²) in [6.45, 7) is 10.4. The average Bonchev–Trinajstić information content (AvgIpc) is 2.58. The van der Waals surface area contributed by atoms with Gasteiger partial charge in [-0.2, -0.15) is 26.7 Å². The Morgan fingerprint density at radius 2 is 2.00 bits per heavy atom. The maximum absolute atomic E-state index is 5.63. The predicted octanol–water partition coefficient (Wildman–Crippen LogP) is 2.42. The molecule has 0 spiro atoms. The van der Waals surface area contributed by atoms with Crippen LogP contribution in [0.15, 0.2) is 0 Å². The Bertz CT molecular complexity index is 480. The quantitative estimate of drug-likeness (QED) is 0.916. The third-order valence-corrected chi connectivity index (χ3v) is 4.66. The van der Waals surface area contributed by atoms with Gasteiger partial charge in [0.1, 0.15) is 0 Å². The SMILES string of the molecule is CNc1nc(OC(C)C)nc(N2CCSC(C)(C)CC2)n1. The second-order valence-electron chi connectivity index (χ2n) is 6.00. The van der Waals surface area contributed by atoms with E-state index in [9.17, 15) is 0 Å². The van der Waals surface area contributed by atoms with Gasteiger partial charge in [-0.05, 0) is 20.3 Å². The zero-order valence-corrected chi connectivity index (χ0v) is 14.3. The maximum atomic E-state index is 5.63. The van der Waals surface area contributed by atoms with Crippen LogP contribution in [0.3, 0.4) is 0 Å². The summed E-state index contributed by atoms with van der Waals surface area (Å²) in [5.41, 5.74) is 0. The number of hydrogen-bond donors (Lipinski definition) is 1. The van der Waals surface area contributed by atoms with Gasteiger partial charge in [0.05, 0.1) is 6.10 Å². The number of anilines is 2. The van der Waals surface area contributed by atoms with Crippen molar-refractivity contribution in [3.05, 3.63) is 0 Å². The molecule has 2 rings (SSSR count). The lowest BCUT2D eigenvalue weighted by Crippen LogP contribution is -2.29. The van der Waals surface area contributed by atoms with Crippen LogP contribution in [0.4, 0.5) is 11.9 Å². The van der Waals surface area contributed by atoms with Crippen LogP contribution >= 0.6 is 11.8 Å². The first kappa shape index (κ1) is 16.1. The molecule has 7 heteroatoms. The Kier molecular flexibility index (Phi) is 5.13. The normalized spacial score (nSPS) is 18.5. The smallest absolute Gasteiger partial charge is 0.323 e. The molecule has 21 heavy (non-hydrogen) atoms. The molecule has 0 saturated carbocycles. The minimum Gasteiger partial charge on any atom is -0.461 e. The van der Waals surface area contributed by atoms with Crippen LogP contribution in [0, 0.1) is 0 Å². The number of hydrogen-bond acceptors (Lipinski definition) is 7. The predicted molar refractivity (Wildman–Crippen MR) is 88.5 cm³/mol. The van der Waals surface area contributed by atoms with Gasteiger partial charge in [0.25, 0.3) is 0 Å². The summed E-state index contributed by atoms with van der Waals surface area (Å²) in [5.74, 6) is 2.32. The Labute approximate surface area is 131 Å². The molecule has 0 bridgehead atoms. The zero-order chi connectivity index (χ0) is 15.5. The molecule has 0 radical (unpaired) electrons. The van der Waals surface area contributed by atoms with Gasteiger partial charge in [0.15, 0.2) is 0 Å². The van der Waals surface area contributed by atoms with Crippen molar-refractivity contribution in [1.29, 1.82) is 0 Å². The third-order valence-electron chi connectivity index (χ3n) is 3.29. The van der Waals surface area contributed by atoms with Crippen molar-refractivity contribution in [3.8, 4) is 6.01 Å².